The largest absolute Gasteiger partial charge is 0.371 e. The number of carbonyl (C=O) groups excluding carboxylic acids is 1. The lowest BCUT2D eigenvalue weighted by Crippen LogP contribution is -2.45. The van der Waals surface area contributed by atoms with E-state index in [9.17, 15) is 4.79 Å². The molecule has 1 amide bonds. The number of nitrogens with one attached hydrogen (secondary N) is 1. The van der Waals surface area contributed by atoms with Gasteiger partial charge in [-0.05, 0) is 54.7 Å². The summed E-state index contributed by atoms with van der Waals surface area (Å²) in [5.41, 5.74) is 4.63. The van der Waals surface area contributed by atoms with Gasteiger partial charge >= 0.3 is 0 Å². The molecular formula is C24H28N4O. The van der Waals surface area contributed by atoms with Crippen molar-refractivity contribution in [3.8, 4) is 6.07 Å². The first-order chi connectivity index (χ1) is 14.2. The lowest BCUT2D eigenvalue weighted by Gasteiger charge is -2.34. The molecule has 5 heteroatoms. The Labute approximate surface area is 172 Å². The van der Waals surface area contributed by atoms with E-state index in [-0.39, 0.29) is 11.8 Å². The summed E-state index contributed by atoms with van der Waals surface area (Å²) in [6.45, 7) is 5.34. The Balaban J connectivity index is 1.25. The molecule has 5 nitrogen and oxygen atoms in total. The van der Waals surface area contributed by atoms with Crippen LogP contribution in [0.25, 0.3) is 0 Å². The Kier molecular flexibility index (Phi) is 6.12. The molecule has 4 rings (SSSR count). The molecule has 0 spiro atoms. The van der Waals surface area contributed by atoms with Crippen molar-refractivity contribution in [3.05, 3.63) is 65.2 Å². The van der Waals surface area contributed by atoms with Crippen LogP contribution in [0.3, 0.4) is 0 Å². The summed E-state index contributed by atoms with van der Waals surface area (Å²) in [4.78, 5) is 17.4. The molecule has 2 aliphatic heterocycles. The zero-order valence-electron chi connectivity index (χ0n) is 16.8. The number of hydrogen-bond acceptors (Lipinski definition) is 4. The molecule has 1 fully saturated rings. The molecule has 0 aliphatic carbocycles. The van der Waals surface area contributed by atoms with E-state index in [1.54, 1.807) is 0 Å². The Bertz CT molecular complexity index is 886. The quantitative estimate of drug-likeness (QED) is 0.856. The zero-order valence-corrected chi connectivity index (χ0v) is 16.8. The van der Waals surface area contributed by atoms with Crippen molar-refractivity contribution < 1.29 is 4.79 Å². The standard InChI is InChI=1S/C24H28N4O/c25-16-19-7-9-23(10-8-19)28-13-3-6-22(18-28)24(29)26-12-15-27-14-11-20-4-1-2-5-21(20)17-27/h1-2,4-5,7-10,22H,3,6,11-15,17-18H2,(H,26,29). The monoisotopic (exact) mass is 388 g/mol. The van der Waals surface area contributed by atoms with Crippen molar-refractivity contribution in [1.82, 2.24) is 10.2 Å². The molecule has 0 radical (unpaired) electrons. The highest BCUT2D eigenvalue weighted by molar-refractivity contribution is 5.79. The number of benzene rings is 2. The second-order valence-electron chi connectivity index (χ2n) is 8.03. The van der Waals surface area contributed by atoms with E-state index in [1.165, 1.54) is 11.1 Å². The topological polar surface area (TPSA) is 59.4 Å². The maximum atomic E-state index is 12.7. The number of hydrogen-bond donors (Lipinski definition) is 1. The predicted octanol–water partition coefficient (Wildman–Crippen LogP) is 2.95. The second kappa shape index (κ2) is 9.11. The third-order valence-corrected chi connectivity index (χ3v) is 6.09. The number of amides is 1. The lowest BCUT2D eigenvalue weighted by atomic mass is 9.96. The molecule has 1 N–H and O–H groups in total. The molecule has 29 heavy (non-hydrogen) atoms. The SMILES string of the molecule is N#Cc1ccc(N2CCCC(C(=O)NCCN3CCc4ccccc4C3)C2)cc1. The van der Waals surface area contributed by atoms with E-state index >= 15 is 0 Å². The van der Waals surface area contributed by atoms with Crippen LogP contribution < -0.4 is 10.2 Å². The minimum atomic E-state index is 0.0291. The van der Waals surface area contributed by atoms with Crippen LogP contribution in [0.2, 0.25) is 0 Å². The van der Waals surface area contributed by atoms with E-state index in [0.717, 1.165) is 57.7 Å². The van der Waals surface area contributed by atoms with Gasteiger partial charge in [-0.25, -0.2) is 0 Å². The van der Waals surface area contributed by atoms with Gasteiger partial charge in [0.1, 0.15) is 0 Å². The van der Waals surface area contributed by atoms with Gasteiger partial charge in [-0.3, -0.25) is 9.69 Å². The van der Waals surface area contributed by atoms with E-state index in [2.05, 4.69) is 45.5 Å². The van der Waals surface area contributed by atoms with Crippen LogP contribution in [-0.2, 0) is 17.8 Å². The van der Waals surface area contributed by atoms with Gasteiger partial charge in [0.05, 0.1) is 17.6 Å². The normalized spacial score (nSPS) is 19.3. The van der Waals surface area contributed by atoms with E-state index in [4.69, 9.17) is 5.26 Å². The van der Waals surface area contributed by atoms with Crippen LogP contribution in [0.15, 0.2) is 48.5 Å². The van der Waals surface area contributed by atoms with Gasteiger partial charge in [-0.1, -0.05) is 24.3 Å². The second-order valence-corrected chi connectivity index (χ2v) is 8.03. The van der Waals surface area contributed by atoms with Crippen molar-refractivity contribution in [3.63, 3.8) is 0 Å². The fourth-order valence-electron chi connectivity index (χ4n) is 4.40. The average molecular weight is 389 g/mol. The van der Waals surface area contributed by atoms with Gasteiger partial charge in [0.25, 0.3) is 0 Å². The van der Waals surface area contributed by atoms with Gasteiger partial charge in [-0.2, -0.15) is 5.26 Å². The first-order valence-corrected chi connectivity index (χ1v) is 10.5. The summed E-state index contributed by atoms with van der Waals surface area (Å²) in [6, 6.07) is 18.4. The van der Waals surface area contributed by atoms with E-state index < -0.39 is 0 Å². The van der Waals surface area contributed by atoms with E-state index in [1.807, 2.05) is 24.3 Å². The molecule has 2 aliphatic rings. The van der Waals surface area contributed by atoms with Crippen LogP contribution in [0.1, 0.15) is 29.5 Å². The lowest BCUT2D eigenvalue weighted by molar-refractivity contribution is -0.125. The Morgan fingerprint density at radius 2 is 1.90 bits per heavy atom. The summed E-state index contributed by atoms with van der Waals surface area (Å²) in [7, 11) is 0. The van der Waals surface area contributed by atoms with Crippen LogP contribution in [-0.4, -0.2) is 43.5 Å². The Morgan fingerprint density at radius 3 is 2.69 bits per heavy atom. The fraction of sp³-hybridized carbons (Fsp3) is 0.417. The molecule has 1 atom stereocenters. The smallest absolute Gasteiger partial charge is 0.224 e. The Morgan fingerprint density at radius 1 is 1.10 bits per heavy atom. The first kappa shape index (κ1) is 19.5. The summed E-state index contributed by atoms with van der Waals surface area (Å²) < 4.78 is 0. The fourth-order valence-corrected chi connectivity index (χ4v) is 4.40. The predicted molar refractivity (Wildman–Crippen MR) is 115 cm³/mol. The molecule has 0 bridgehead atoms. The maximum Gasteiger partial charge on any atom is 0.224 e. The molecule has 2 aromatic rings. The van der Waals surface area contributed by atoms with Crippen LogP contribution in [0.5, 0.6) is 0 Å². The highest BCUT2D eigenvalue weighted by Crippen LogP contribution is 2.24. The highest BCUT2D eigenvalue weighted by atomic mass is 16.1. The third kappa shape index (κ3) is 4.78. The van der Waals surface area contributed by atoms with Gasteiger partial charge < -0.3 is 10.2 Å². The number of anilines is 1. The van der Waals surface area contributed by atoms with Crippen LogP contribution >= 0.6 is 0 Å². The Hall–Kier alpha value is -2.84. The molecule has 2 heterocycles. The number of nitriles is 1. The molecule has 0 aromatic heterocycles. The first-order valence-electron chi connectivity index (χ1n) is 10.5. The maximum absolute atomic E-state index is 12.7. The highest BCUT2D eigenvalue weighted by Gasteiger charge is 2.26. The minimum Gasteiger partial charge on any atom is -0.371 e. The number of carbonyl (C=O) groups is 1. The summed E-state index contributed by atoms with van der Waals surface area (Å²) in [5, 5.41) is 12.1. The summed E-state index contributed by atoms with van der Waals surface area (Å²) >= 11 is 0. The number of piperidine rings is 1. The summed E-state index contributed by atoms with van der Waals surface area (Å²) in [5.74, 6) is 0.197. The van der Waals surface area contributed by atoms with Crippen molar-refractivity contribution >= 4 is 11.6 Å². The molecular weight excluding hydrogens is 360 g/mol. The van der Waals surface area contributed by atoms with Crippen molar-refractivity contribution in [2.75, 3.05) is 37.6 Å². The average Bonchev–Trinajstić information content (AvgIpc) is 2.79. The van der Waals surface area contributed by atoms with Crippen molar-refractivity contribution in [2.45, 2.75) is 25.8 Å². The molecule has 0 saturated carbocycles. The van der Waals surface area contributed by atoms with Crippen LogP contribution in [0.4, 0.5) is 5.69 Å². The van der Waals surface area contributed by atoms with Crippen LogP contribution in [0, 0.1) is 17.2 Å². The molecule has 150 valence electrons. The number of nitrogens with zero attached hydrogens (tertiary/aromatic N) is 3. The zero-order chi connectivity index (χ0) is 20.1. The van der Waals surface area contributed by atoms with E-state index in [0.29, 0.717) is 12.1 Å². The van der Waals surface area contributed by atoms with Gasteiger partial charge in [0.2, 0.25) is 5.91 Å². The van der Waals surface area contributed by atoms with Crippen molar-refractivity contribution in [1.29, 1.82) is 5.26 Å². The molecule has 2 aromatic carbocycles. The van der Waals surface area contributed by atoms with Gasteiger partial charge in [-0.15, -0.1) is 0 Å². The van der Waals surface area contributed by atoms with Crippen molar-refractivity contribution in [2.24, 2.45) is 5.92 Å². The van der Waals surface area contributed by atoms with Gasteiger partial charge in [0.15, 0.2) is 0 Å². The number of fused-ring (bicyclic) bond motifs is 1. The third-order valence-electron chi connectivity index (χ3n) is 6.09. The molecule has 1 saturated heterocycles. The number of rotatable bonds is 5. The minimum absolute atomic E-state index is 0.0291. The van der Waals surface area contributed by atoms with Gasteiger partial charge in [0, 0.05) is 45.0 Å². The summed E-state index contributed by atoms with van der Waals surface area (Å²) in [6.07, 6.45) is 3.04. The molecule has 1 unspecified atom stereocenters.